The molecule has 0 aromatic heterocycles. The van der Waals surface area contributed by atoms with E-state index < -0.39 is 0 Å². The lowest BCUT2D eigenvalue weighted by Crippen LogP contribution is -2.20. The topological polar surface area (TPSA) is 12.0 Å². The lowest BCUT2D eigenvalue weighted by molar-refractivity contribution is 0.529. The molecule has 100 valence electrons. The van der Waals surface area contributed by atoms with Gasteiger partial charge in [0.15, 0.2) is 0 Å². The highest BCUT2D eigenvalue weighted by atomic mass is 79.9. The Hall–Kier alpha value is -1.26. The van der Waals surface area contributed by atoms with Crippen molar-refractivity contribution in [2.45, 2.75) is 12.5 Å². The largest absolute Gasteiger partial charge is 0.313 e. The number of hydrogen-bond donors (Lipinski definition) is 1. The van der Waals surface area contributed by atoms with Crippen LogP contribution in [0.25, 0.3) is 0 Å². The molecule has 0 saturated heterocycles. The quantitative estimate of drug-likeness (QED) is 0.887. The second-order valence-electron chi connectivity index (χ2n) is 4.32. The van der Waals surface area contributed by atoms with E-state index in [9.17, 15) is 8.78 Å². The van der Waals surface area contributed by atoms with Crippen LogP contribution in [0.1, 0.15) is 17.2 Å². The number of hydrogen-bond acceptors (Lipinski definition) is 1. The monoisotopic (exact) mass is 325 g/mol. The van der Waals surface area contributed by atoms with Crippen molar-refractivity contribution in [1.29, 1.82) is 0 Å². The molecule has 2 aromatic carbocycles. The van der Waals surface area contributed by atoms with Crippen molar-refractivity contribution in [2.24, 2.45) is 0 Å². The normalized spacial score (nSPS) is 12.4. The van der Waals surface area contributed by atoms with E-state index in [1.165, 1.54) is 12.1 Å². The summed E-state index contributed by atoms with van der Waals surface area (Å²) >= 11 is 3.18. The van der Waals surface area contributed by atoms with Gasteiger partial charge in [0.25, 0.3) is 0 Å². The Kier molecular flexibility index (Phi) is 4.66. The van der Waals surface area contributed by atoms with Crippen LogP contribution in [0.15, 0.2) is 46.9 Å². The van der Waals surface area contributed by atoms with E-state index in [2.05, 4.69) is 21.2 Å². The third kappa shape index (κ3) is 3.39. The van der Waals surface area contributed by atoms with E-state index in [-0.39, 0.29) is 17.7 Å². The van der Waals surface area contributed by atoms with E-state index in [1.807, 2.05) is 6.07 Å². The van der Waals surface area contributed by atoms with E-state index >= 15 is 0 Å². The first-order valence-corrected chi connectivity index (χ1v) is 6.76. The van der Waals surface area contributed by atoms with Crippen molar-refractivity contribution in [2.75, 3.05) is 7.05 Å². The second kappa shape index (κ2) is 6.26. The second-order valence-corrected chi connectivity index (χ2v) is 5.17. The van der Waals surface area contributed by atoms with Crippen molar-refractivity contribution in [3.05, 3.63) is 69.7 Å². The maximum absolute atomic E-state index is 14.1. The summed E-state index contributed by atoms with van der Waals surface area (Å²) in [6.45, 7) is 0. The van der Waals surface area contributed by atoms with E-state index in [0.717, 1.165) is 5.56 Å². The average molecular weight is 326 g/mol. The molecule has 0 amide bonds. The van der Waals surface area contributed by atoms with Gasteiger partial charge in [-0.15, -0.1) is 0 Å². The van der Waals surface area contributed by atoms with Gasteiger partial charge in [-0.3, -0.25) is 0 Å². The molecule has 1 unspecified atom stereocenters. The molecule has 0 fully saturated rings. The summed E-state index contributed by atoms with van der Waals surface area (Å²) in [5.74, 6) is -0.555. The van der Waals surface area contributed by atoms with Crippen molar-refractivity contribution in [3.8, 4) is 0 Å². The van der Waals surface area contributed by atoms with Gasteiger partial charge in [0.2, 0.25) is 0 Å². The maximum atomic E-state index is 14.1. The maximum Gasteiger partial charge on any atom is 0.142 e. The number of likely N-dealkylation sites (N-methyl/N-ethyl adjacent to an activating group) is 1. The van der Waals surface area contributed by atoms with Gasteiger partial charge in [-0.1, -0.05) is 24.3 Å². The molecule has 0 aliphatic rings. The molecular weight excluding hydrogens is 312 g/mol. The summed E-state index contributed by atoms with van der Waals surface area (Å²) in [5.41, 5.74) is 1.40. The molecule has 0 aliphatic carbocycles. The van der Waals surface area contributed by atoms with E-state index in [4.69, 9.17) is 0 Å². The van der Waals surface area contributed by atoms with Gasteiger partial charge in [0.05, 0.1) is 4.47 Å². The van der Waals surface area contributed by atoms with Crippen LogP contribution in [-0.2, 0) is 6.42 Å². The van der Waals surface area contributed by atoms with Crippen molar-refractivity contribution < 1.29 is 8.78 Å². The van der Waals surface area contributed by atoms with Gasteiger partial charge in [-0.05, 0) is 53.2 Å². The zero-order chi connectivity index (χ0) is 13.8. The first-order chi connectivity index (χ1) is 9.11. The zero-order valence-corrected chi connectivity index (χ0v) is 12.0. The summed E-state index contributed by atoms with van der Waals surface area (Å²) < 4.78 is 27.7. The number of halogens is 3. The van der Waals surface area contributed by atoms with Crippen LogP contribution >= 0.6 is 15.9 Å². The minimum absolute atomic E-state index is 0.195. The summed E-state index contributed by atoms with van der Waals surface area (Å²) in [7, 11) is 1.77. The van der Waals surface area contributed by atoms with Crippen LogP contribution in [0.2, 0.25) is 0 Å². The molecule has 0 heterocycles. The van der Waals surface area contributed by atoms with Crippen molar-refractivity contribution >= 4 is 15.9 Å². The highest BCUT2D eigenvalue weighted by Gasteiger charge is 2.16. The van der Waals surface area contributed by atoms with Crippen LogP contribution in [0.5, 0.6) is 0 Å². The molecular formula is C15H14BrF2N. The SMILES string of the molecule is CNC(Cc1cccc(F)c1)c1cccc(Br)c1F. The molecule has 19 heavy (non-hydrogen) atoms. The van der Waals surface area contributed by atoms with Crippen LogP contribution in [-0.4, -0.2) is 7.05 Å². The fourth-order valence-electron chi connectivity index (χ4n) is 2.06. The Labute approximate surface area is 119 Å². The van der Waals surface area contributed by atoms with Gasteiger partial charge in [-0.2, -0.15) is 0 Å². The highest BCUT2D eigenvalue weighted by Crippen LogP contribution is 2.26. The van der Waals surface area contributed by atoms with E-state index in [0.29, 0.717) is 16.5 Å². The lowest BCUT2D eigenvalue weighted by atomic mass is 9.98. The molecule has 4 heteroatoms. The molecule has 1 N–H and O–H groups in total. The molecule has 1 nitrogen and oxygen atoms in total. The molecule has 2 aromatic rings. The van der Waals surface area contributed by atoms with Gasteiger partial charge in [0, 0.05) is 11.6 Å². The van der Waals surface area contributed by atoms with Gasteiger partial charge in [0.1, 0.15) is 11.6 Å². The van der Waals surface area contributed by atoms with Crippen molar-refractivity contribution in [3.63, 3.8) is 0 Å². The third-order valence-electron chi connectivity index (χ3n) is 3.03. The Morgan fingerprint density at radius 3 is 2.58 bits per heavy atom. The Morgan fingerprint density at radius 1 is 1.16 bits per heavy atom. The van der Waals surface area contributed by atoms with Crippen LogP contribution in [0, 0.1) is 11.6 Å². The Morgan fingerprint density at radius 2 is 1.89 bits per heavy atom. The van der Waals surface area contributed by atoms with E-state index in [1.54, 1.807) is 31.3 Å². The summed E-state index contributed by atoms with van der Waals surface area (Å²) in [6.07, 6.45) is 0.529. The van der Waals surface area contributed by atoms with Crippen LogP contribution < -0.4 is 5.32 Å². The molecule has 0 aliphatic heterocycles. The number of nitrogens with one attached hydrogen (secondary N) is 1. The standard InChI is InChI=1S/C15H14BrF2N/c1-19-14(9-10-4-2-5-11(17)8-10)12-6-3-7-13(16)15(12)18/h2-8,14,19H,9H2,1H3. The zero-order valence-electron chi connectivity index (χ0n) is 10.5. The highest BCUT2D eigenvalue weighted by molar-refractivity contribution is 9.10. The molecule has 1 atom stereocenters. The number of benzene rings is 2. The molecule has 0 radical (unpaired) electrons. The Balaban J connectivity index is 2.28. The molecule has 0 spiro atoms. The molecule has 0 saturated carbocycles. The summed E-state index contributed by atoms with van der Waals surface area (Å²) in [4.78, 5) is 0. The predicted octanol–water partition coefficient (Wildman–Crippen LogP) is 4.23. The lowest BCUT2D eigenvalue weighted by Gasteiger charge is -2.18. The Bertz CT molecular complexity index is 572. The van der Waals surface area contributed by atoms with Crippen molar-refractivity contribution in [1.82, 2.24) is 5.32 Å². The average Bonchev–Trinajstić information content (AvgIpc) is 2.40. The molecule has 0 bridgehead atoms. The fourth-order valence-corrected chi connectivity index (χ4v) is 2.44. The first-order valence-electron chi connectivity index (χ1n) is 5.97. The predicted molar refractivity (Wildman–Crippen MR) is 76.0 cm³/mol. The van der Waals surface area contributed by atoms with Gasteiger partial charge < -0.3 is 5.32 Å². The van der Waals surface area contributed by atoms with Crippen LogP contribution in [0.3, 0.4) is 0 Å². The minimum Gasteiger partial charge on any atom is -0.313 e. The van der Waals surface area contributed by atoms with Gasteiger partial charge >= 0.3 is 0 Å². The minimum atomic E-state index is -0.279. The summed E-state index contributed by atoms with van der Waals surface area (Å²) in [6, 6.07) is 11.4. The van der Waals surface area contributed by atoms with Gasteiger partial charge in [-0.25, -0.2) is 8.78 Å². The molecule has 2 rings (SSSR count). The smallest absolute Gasteiger partial charge is 0.142 e. The first kappa shape index (κ1) is 14.2. The van der Waals surface area contributed by atoms with Crippen LogP contribution in [0.4, 0.5) is 8.78 Å². The third-order valence-corrected chi connectivity index (χ3v) is 3.65. The fraction of sp³-hybridized carbons (Fsp3) is 0.200. The summed E-state index contributed by atoms with van der Waals surface area (Å²) in [5, 5.41) is 3.07. The number of rotatable bonds is 4.